The lowest BCUT2D eigenvalue weighted by Crippen LogP contribution is -2.31. The number of rotatable bonds is 8. The molecule has 0 bridgehead atoms. The number of nitrogens with one attached hydrogen (secondary N) is 4. The highest BCUT2D eigenvalue weighted by atomic mass is 16.5. The molecule has 0 aromatic carbocycles. The SMILES string of the molecule is COCCC(=O)NC1=CNC2=CC=C(N=C(N)C=C(C=N)C(C)C)NC2=C1. The van der Waals surface area contributed by atoms with Crippen molar-refractivity contribution < 1.29 is 9.53 Å². The number of nitrogens with zero attached hydrogens (tertiary/aromatic N) is 1. The Bertz CT molecular complexity index is 784. The molecule has 27 heavy (non-hydrogen) atoms. The Labute approximate surface area is 159 Å². The fourth-order valence-electron chi connectivity index (χ4n) is 2.36. The number of allylic oxidation sites excluding steroid dienone is 4. The summed E-state index contributed by atoms with van der Waals surface area (Å²) in [5.74, 6) is 0.947. The van der Waals surface area contributed by atoms with Gasteiger partial charge < -0.3 is 31.8 Å². The van der Waals surface area contributed by atoms with Crippen LogP contribution < -0.4 is 21.7 Å². The summed E-state index contributed by atoms with van der Waals surface area (Å²) < 4.78 is 4.90. The average molecular weight is 370 g/mol. The van der Waals surface area contributed by atoms with Crippen LogP contribution >= 0.6 is 0 Å². The molecule has 144 valence electrons. The van der Waals surface area contributed by atoms with Crippen molar-refractivity contribution in [3.8, 4) is 0 Å². The van der Waals surface area contributed by atoms with Crippen LogP contribution in [0.4, 0.5) is 0 Å². The lowest BCUT2D eigenvalue weighted by molar-refractivity contribution is -0.121. The van der Waals surface area contributed by atoms with Crippen LogP contribution in [-0.4, -0.2) is 31.7 Å². The van der Waals surface area contributed by atoms with E-state index in [1.807, 2.05) is 26.0 Å². The molecule has 0 aromatic rings. The largest absolute Gasteiger partial charge is 0.384 e. The summed E-state index contributed by atoms with van der Waals surface area (Å²) in [6.45, 7) is 4.35. The molecule has 0 aliphatic carbocycles. The summed E-state index contributed by atoms with van der Waals surface area (Å²) in [7, 11) is 1.56. The fourth-order valence-corrected chi connectivity index (χ4v) is 2.36. The highest BCUT2D eigenvalue weighted by Gasteiger charge is 2.16. The third-order valence-electron chi connectivity index (χ3n) is 3.86. The van der Waals surface area contributed by atoms with Gasteiger partial charge in [0.2, 0.25) is 5.91 Å². The molecular formula is C19H26N6O2. The number of dihydropyridines is 2. The maximum Gasteiger partial charge on any atom is 0.226 e. The quantitative estimate of drug-likeness (QED) is 0.326. The molecule has 0 radical (unpaired) electrons. The predicted molar refractivity (Wildman–Crippen MR) is 107 cm³/mol. The minimum Gasteiger partial charge on any atom is -0.384 e. The third kappa shape index (κ3) is 5.96. The van der Waals surface area contributed by atoms with Gasteiger partial charge in [0.1, 0.15) is 11.7 Å². The first-order chi connectivity index (χ1) is 12.9. The molecule has 2 aliphatic rings. The Kier molecular flexibility index (Phi) is 7.13. The van der Waals surface area contributed by atoms with Crippen LogP contribution in [0.3, 0.4) is 0 Å². The number of carbonyl (C=O) groups excluding carboxylic acids is 1. The van der Waals surface area contributed by atoms with Crippen molar-refractivity contribution >= 4 is 18.0 Å². The smallest absolute Gasteiger partial charge is 0.226 e. The lowest BCUT2D eigenvalue weighted by Gasteiger charge is -2.23. The molecule has 8 nitrogen and oxygen atoms in total. The second kappa shape index (κ2) is 9.54. The van der Waals surface area contributed by atoms with E-state index in [1.54, 1.807) is 25.5 Å². The van der Waals surface area contributed by atoms with Gasteiger partial charge in [-0.2, -0.15) is 0 Å². The second-order valence-electron chi connectivity index (χ2n) is 6.33. The van der Waals surface area contributed by atoms with E-state index in [9.17, 15) is 4.79 Å². The number of fused-ring (bicyclic) bond motifs is 1. The van der Waals surface area contributed by atoms with E-state index in [-0.39, 0.29) is 18.2 Å². The zero-order chi connectivity index (χ0) is 19.8. The molecule has 0 saturated carbocycles. The van der Waals surface area contributed by atoms with Gasteiger partial charge in [0, 0.05) is 19.5 Å². The maximum atomic E-state index is 11.8. The van der Waals surface area contributed by atoms with Crippen molar-refractivity contribution in [3.63, 3.8) is 0 Å². The topological polar surface area (TPSA) is 125 Å². The summed E-state index contributed by atoms with van der Waals surface area (Å²) in [5, 5.41) is 16.5. The van der Waals surface area contributed by atoms with Crippen molar-refractivity contribution in [1.82, 2.24) is 16.0 Å². The second-order valence-corrected chi connectivity index (χ2v) is 6.33. The van der Waals surface area contributed by atoms with E-state index in [2.05, 4.69) is 20.9 Å². The number of amidine groups is 1. The number of methoxy groups -OCH3 is 1. The highest BCUT2D eigenvalue weighted by molar-refractivity contribution is 5.97. The monoisotopic (exact) mass is 370 g/mol. The van der Waals surface area contributed by atoms with Gasteiger partial charge in [0.05, 0.1) is 30.1 Å². The molecule has 0 unspecified atom stereocenters. The van der Waals surface area contributed by atoms with Crippen LogP contribution in [0.2, 0.25) is 0 Å². The van der Waals surface area contributed by atoms with E-state index in [0.29, 0.717) is 24.0 Å². The number of carbonyl (C=O) groups is 1. The Balaban J connectivity index is 2.08. The molecule has 0 spiro atoms. The minimum atomic E-state index is -0.124. The van der Waals surface area contributed by atoms with E-state index < -0.39 is 0 Å². The van der Waals surface area contributed by atoms with Gasteiger partial charge >= 0.3 is 0 Å². The molecule has 0 saturated heterocycles. The fraction of sp³-hybridized carbons (Fsp3) is 0.316. The number of ether oxygens (including phenoxy) is 1. The zero-order valence-corrected chi connectivity index (χ0v) is 15.8. The number of nitrogens with two attached hydrogens (primary N) is 1. The number of hydrogen-bond acceptors (Lipinski definition) is 6. The van der Waals surface area contributed by atoms with Crippen LogP contribution in [0.5, 0.6) is 0 Å². The Hall–Kier alpha value is -3.13. The van der Waals surface area contributed by atoms with Crippen LogP contribution in [0, 0.1) is 11.3 Å². The third-order valence-corrected chi connectivity index (χ3v) is 3.86. The molecule has 0 atom stereocenters. The van der Waals surface area contributed by atoms with Crippen LogP contribution in [-0.2, 0) is 9.53 Å². The Morgan fingerprint density at radius 3 is 2.85 bits per heavy atom. The summed E-state index contributed by atoms with van der Waals surface area (Å²) in [5.41, 5.74) is 9.05. The first-order valence-electron chi connectivity index (χ1n) is 8.65. The molecule has 0 aromatic heterocycles. The Morgan fingerprint density at radius 2 is 2.19 bits per heavy atom. The molecule has 1 amide bonds. The van der Waals surface area contributed by atoms with Crippen LogP contribution in [0.15, 0.2) is 64.0 Å². The van der Waals surface area contributed by atoms with Gasteiger partial charge in [-0.1, -0.05) is 13.8 Å². The molecule has 6 N–H and O–H groups in total. The number of hydrogen-bond donors (Lipinski definition) is 5. The van der Waals surface area contributed by atoms with Crippen LogP contribution in [0.25, 0.3) is 0 Å². The van der Waals surface area contributed by atoms with Crippen molar-refractivity contribution in [1.29, 1.82) is 5.41 Å². The number of aliphatic imine (C=N–C) groups is 1. The van der Waals surface area contributed by atoms with Gasteiger partial charge in [0.15, 0.2) is 0 Å². The molecule has 2 rings (SSSR count). The predicted octanol–water partition coefficient (Wildman–Crippen LogP) is 1.39. The van der Waals surface area contributed by atoms with Gasteiger partial charge in [-0.25, -0.2) is 4.99 Å². The van der Waals surface area contributed by atoms with Gasteiger partial charge in [0.25, 0.3) is 0 Å². The van der Waals surface area contributed by atoms with Crippen molar-refractivity contribution in [2.24, 2.45) is 16.6 Å². The van der Waals surface area contributed by atoms with Crippen molar-refractivity contribution in [3.05, 3.63) is 59.0 Å². The first kappa shape index (κ1) is 20.2. The molecule has 8 heteroatoms. The Morgan fingerprint density at radius 1 is 1.41 bits per heavy atom. The average Bonchev–Trinajstić information content (AvgIpc) is 2.63. The molecule has 2 heterocycles. The summed E-state index contributed by atoms with van der Waals surface area (Å²) >= 11 is 0. The molecule has 2 aliphatic heterocycles. The van der Waals surface area contributed by atoms with E-state index >= 15 is 0 Å². The van der Waals surface area contributed by atoms with Crippen molar-refractivity contribution in [2.45, 2.75) is 20.3 Å². The first-order valence-corrected chi connectivity index (χ1v) is 8.65. The summed E-state index contributed by atoms with van der Waals surface area (Å²) in [6.07, 6.45) is 10.5. The van der Waals surface area contributed by atoms with Gasteiger partial charge in [-0.15, -0.1) is 0 Å². The van der Waals surface area contributed by atoms with E-state index in [4.69, 9.17) is 15.9 Å². The lowest BCUT2D eigenvalue weighted by atomic mass is 10.0. The van der Waals surface area contributed by atoms with Gasteiger partial charge in [-0.05, 0) is 35.8 Å². The number of amides is 1. The summed E-state index contributed by atoms with van der Waals surface area (Å²) in [6, 6.07) is 0. The summed E-state index contributed by atoms with van der Waals surface area (Å²) in [4.78, 5) is 16.2. The normalized spacial score (nSPS) is 16.9. The molecule has 0 fully saturated rings. The van der Waals surface area contributed by atoms with E-state index in [0.717, 1.165) is 17.0 Å². The minimum absolute atomic E-state index is 0.124. The standard InChI is InChI=1S/C19H26N6O2/c1-12(2)13(10-20)8-17(21)25-18-5-4-15-16(24-18)9-14(11-22-15)23-19(26)6-7-27-3/h4-5,8-12,20,22,24H,6-7H2,1-3H3,(H2,21,25)(H,23,26). The van der Waals surface area contributed by atoms with Crippen molar-refractivity contribution in [2.75, 3.05) is 13.7 Å². The van der Waals surface area contributed by atoms with Gasteiger partial charge in [-0.3, -0.25) is 4.79 Å². The highest BCUT2D eigenvalue weighted by Crippen LogP contribution is 2.18. The van der Waals surface area contributed by atoms with E-state index in [1.165, 1.54) is 6.21 Å². The molecular weight excluding hydrogens is 344 g/mol. The zero-order valence-electron chi connectivity index (χ0n) is 15.8. The maximum absolute atomic E-state index is 11.8. The van der Waals surface area contributed by atoms with Crippen LogP contribution in [0.1, 0.15) is 20.3 Å².